The van der Waals surface area contributed by atoms with Crippen LogP contribution in [0.15, 0.2) is 30.3 Å². The quantitative estimate of drug-likeness (QED) is 0.799. The lowest BCUT2D eigenvalue weighted by Crippen LogP contribution is -2.47. The molecule has 128 valence electrons. The molecule has 1 aromatic carbocycles. The zero-order valence-corrected chi connectivity index (χ0v) is 14.3. The van der Waals surface area contributed by atoms with Crippen molar-refractivity contribution in [1.29, 1.82) is 0 Å². The molecule has 1 saturated heterocycles. The van der Waals surface area contributed by atoms with Crippen molar-refractivity contribution >= 4 is 11.6 Å². The first-order valence-corrected chi connectivity index (χ1v) is 8.44. The molecule has 5 heteroatoms. The van der Waals surface area contributed by atoms with Gasteiger partial charge < -0.3 is 15.3 Å². The Kier molecular flexibility index (Phi) is 6.42. The molecule has 1 aliphatic heterocycles. The summed E-state index contributed by atoms with van der Waals surface area (Å²) >= 11 is 0. The van der Waals surface area contributed by atoms with Crippen molar-refractivity contribution in [3.8, 4) is 0 Å². The van der Waals surface area contributed by atoms with Gasteiger partial charge in [0.1, 0.15) is 0 Å². The molecular formula is C18H29N3O2. The van der Waals surface area contributed by atoms with Crippen LogP contribution < -0.4 is 10.2 Å². The van der Waals surface area contributed by atoms with Crippen LogP contribution in [0.1, 0.15) is 26.7 Å². The van der Waals surface area contributed by atoms with Crippen LogP contribution in [-0.4, -0.2) is 60.8 Å². The summed E-state index contributed by atoms with van der Waals surface area (Å²) in [6, 6.07) is 10.5. The van der Waals surface area contributed by atoms with Gasteiger partial charge in [0.05, 0.1) is 12.1 Å². The SMILES string of the molecule is CC(C)(CO)NC(=O)CCCN1CCN(c2ccccc2)CC1. The van der Waals surface area contributed by atoms with Crippen molar-refractivity contribution in [2.24, 2.45) is 0 Å². The van der Waals surface area contributed by atoms with E-state index in [-0.39, 0.29) is 12.5 Å². The molecule has 0 unspecified atom stereocenters. The van der Waals surface area contributed by atoms with E-state index in [2.05, 4.69) is 39.4 Å². The summed E-state index contributed by atoms with van der Waals surface area (Å²) in [4.78, 5) is 16.7. The molecule has 5 nitrogen and oxygen atoms in total. The van der Waals surface area contributed by atoms with Gasteiger partial charge in [-0.1, -0.05) is 18.2 Å². The summed E-state index contributed by atoms with van der Waals surface area (Å²) in [5, 5.41) is 12.0. The molecule has 1 heterocycles. The predicted molar refractivity (Wildman–Crippen MR) is 93.6 cm³/mol. The average Bonchev–Trinajstić information content (AvgIpc) is 2.56. The summed E-state index contributed by atoms with van der Waals surface area (Å²) in [5.74, 6) is 0.0203. The predicted octanol–water partition coefficient (Wildman–Crippen LogP) is 1.48. The van der Waals surface area contributed by atoms with E-state index in [4.69, 9.17) is 5.11 Å². The van der Waals surface area contributed by atoms with Crippen LogP contribution in [0, 0.1) is 0 Å². The van der Waals surface area contributed by atoms with E-state index in [0.717, 1.165) is 39.1 Å². The molecule has 1 amide bonds. The minimum atomic E-state index is -0.529. The minimum absolute atomic E-state index is 0.0203. The molecule has 0 aromatic heterocycles. The van der Waals surface area contributed by atoms with Crippen molar-refractivity contribution in [2.75, 3.05) is 44.2 Å². The van der Waals surface area contributed by atoms with Gasteiger partial charge in [0, 0.05) is 38.3 Å². The fraction of sp³-hybridized carbons (Fsp3) is 0.611. The van der Waals surface area contributed by atoms with Crippen molar-refractivity contribution in [3.05, 3.63) is 30.3 Å². The fourth-order valence-corrected chi connectivity index (χ4v) is 2.81. The van der Waals surface area contributed by atoms with Gasteiger partial charge in [0.2, 0.25) is 5.91 Å². The standard InChI is InChI=1S/C18H29N3O2/c1-18(2,15-22)19-17(23)9-6-10-20-11-13-21(14-12-20)16-7-4-3-5-8-16/h3-5,7-8,22H,6,9-15H2,1-2H3,(H,19,23). The minimum Gasteiger partial charge on any atom is -0.394 e. The van der Waals surface area contributed by atoms with Crippen LogP contribution in [0.25, 0.3) is 0 Å². The van der Waals surface area contributed by atoms with Gasteiger partial charge in [-0.3, -0.25) is 9.69 Å². The Morgan fingerprint density at radius 1 is 1.17 bits per heavy atom. The zero-order valence-electron chi connectivity index (χ0n) is 14.3. The molecule has 0 saturated carbocycles. The van der Waals surface area contributed by atoms with Gasteiger partial charge in [-0.2, -0.15) is 0 Å². The van der Waals surface area contributed by atoms with Crippen LogP contribution in [0.3, 0.4) is 0 Å². The Hall–Kier alpha value is -1.59. The summed E-state index contributed by atoms with van der Waals surface area (Å²) in [7, 11) is 0. The number of aliphatic hydroxyl groups excluding tert-OH is 1. The Labute approximate surface area is 139 Å². The first kappa shape index (κ1) is 17.8. The van der Waals surface area contributed by atoms with E-state index < -0.39 is 5.54 Å². The number of benzene rings is 1. The molecule has 0 spiro atoms. The second-order valence-electron chi connectivity index (χ2n) is 6.86. The van der Waals surface area contributed by atoms with E-state index >= 15 is 0 Å². The largest absolute Gasteiger partial charge is 0.394 e. The lowest BCUT2D eigenvalue weighted by molar-refractivity contribution is -0.123. The number of anilines is 1. The number of para-hydroxylation sites is 1. The van der Waals surface area contributed by atoms with E-state index in [1.54, 1.807) is 0 Å². The van der Waals surface area contributed by atoms with Gasteiger partial charge in [0.15, 0.2) is 0 Å². The van der Waals surface area contributed by atoms with Crippen molar-refractivity contribution in [1.82, 2.24) is 10.2 Å². The number of hydrogen-bond acceptors (Lipinski definition) is 4. The Morgan fingerprint density at radius 2 is 1.83 bits per heavy atom. The Bertz CT molecular complexity index is 482. The number of carbonyl (C=O) groups is 1. The topological polar surface area (TPSA) is 55.8 Å². The maximum atomic E-state index is 11.8. The molecule has 0 atom stereocenters. The molecule has 2 rings (SSSR count). The lowest BCUT2D eigenvalue weighted by atomic mass is 10.1. The summed E-state index contributed by atoms with van der Waals surface area (Å²) in [6.45, 7) is 8.72. The van der Waals surface area contributed by atoms with E-state index in [9.17, 15) is 4.79 Å². The number of amides is 1. The second kappa shape index (κ2) is 8.31. The first-order valence-electron chi connectivity index (χ1n) is 8.44. The van der Waals surface area contributed by atoms with Gasteiger partial charge in [-0.05, 0) is 38.9 Å². The van der Waals surface area contributed by atoms with Gasteiger partial charge >= 0.3 is 0 Å². The van der Waals surface area contributed by atoms with Crippen LogP contribution in [-0.2, 0) is 4.79 Å². The number of piperazine rings is 1. The zero-order chi connectivity index (χ0) is 16.7. The molecule has 23 heavy (non-hydrogen) atoms. The van der Waals surface area contributed by atoms with Crippen LogP contribution in [0.2, 0.25) is 0 Å². The smallest absolute Gasteiger partial charge is 0.220 e. The van der Waals surface area contributed by atoms with Gasteiger partial charge in [-0.15, -0.1) is 0 Å². The number of aliphatic hydroxyl groups is 1. The first-order chi connectivity index (χ1) is 11.0. The number of carbonyl (C=O) groups excluding carboxylic acids is 1. The lowest BCUT2D eigenvalue weighted by Gasteiger charge is -2.36. The molecule has 0 radical (unpaired) electrons. The molecule has 0 bridgehead atoms. The highest BCUT2D eigenvalue weighted by Gasteiger charge is 2.20. The fourth-order valence-electron chi connectivity index (χ4n) is 2.81. The highest BCUT2D eigenvalue weighted by atomic mass is 16.3. The molecule has 2 N–H and O–H groups in total. The van der Waals surface area contributed by atoms with E-state index in [1.165, 1.54) is 5.69 Å². The Morgan fingerprint density at radius 3 is 2.43 bits per heavy atom. The van der Waals surface area contributed by atoms with Gasteiger partial charge in [0.25, 0.3) is 0 Å². The summed E-state index contributed by atoms with van der Waals surface area (Å²) in [5.41, 5.74) is 0.760. The number of nitrogens with one attached hydrogen (secondary N) is 1. The van der Waals surface area contributed by atoms with E-state index in [1.807, 2.05) is 19.9 Å². The highest BCUT2D eigenvalue weighted by molar-refractivity contribution is 5.76. The maximum absolute atomic E-state index is 11.8. The summed E-state index contributed by atoms with van der Waals surface area (Å²) < 4.78 is 0. The summed E-state index contributed by atoms with van der Waals surface area (Å²) in [6.07, 6.45) is 1.38. The van der Waals surface area contributed by atoms with Crippen LogP contribution in [0.5, 0.6) is 0 Å². The maximum Gasteiger partial charge on any atom is 0.220 e. The molecular weight excluding hydrogens is 290 g/mol. The molecule has 1 aromatic rings. The normalized spacial score (nSPS) is 16.4. The third-order valence-corrected chi connectivity index (χ3v) is 4.24. The van der Waals surface area contributed by atoms with Crippen molar-refractivity contribution in [3.63, 3.8) is 0 Å². The molecule has 1 aliphatic rings. The monoisotopic (exact) mass is 319 g/mol. The average molecular weight is 319 g/mol. The molecule has 1 fully saturated rings. The molecule has 0 aliphatic carbocycles. The number of hydrogen-bond donors (Lipinski definition) is 2. The van der Waals surface area contributed by atoms with Gasteiger partial charge in [-0.25, -0.2) is 0 Å². The highest BCUT2D eigenvalue weighted by Crippen LogP contribution is 2.15. The van der Waals surface area contributed by atoms with Crippen LogP contribution >= 0.6 is 0 Å². The van der Waals surface area contributed by atoms with Crippen molar-refractivity contribution in [2.45, 2.75) is 32.2 Å². The Balaban J connectivity index is 1.64. The third-order valence-electron chi connectivity index (χ3n) is 4.24. The second-order valence-corrected chi connectivity index (χ2v) is 6.86. The van der Waals surface area contributed by atoms with E-state index in [0.29, 0.717) is 6.42 Å². The number of nitrogens with zero attached hydrogens (tertiary/aromatic N) is 2. The van der Waals surface area contributed by atoms with Crippen molar-refractivity contribution < 1.29 is 9.90 Å². The third kappa shape index (κ3) is 5.84. The number of rotatable bonds is 7. The van der Waals surface area contributed by atoms with Crippen LogP contribution in [0.4, 0.5) is 5.69 Å².